The number of halogens is 1. The lowest BCUT2D eigenvalue weighted by atomic mass is 10.1. The summed E-state index contributed by atoms with van der Waals surface area (Å²) >= 11 is 0. The van der Waals surface area contributed by atoms with Crippen LogP contribution in [-0.4, -0.2) is 83.5 Å². The zero-order chi connectivity index (χ0) is 26.7. The van der Waals surface area contributed by atoms with Crippen LogP contribution < -0.4 is 14.5 Å². The zero-order valence-electron chi connectivity index (χ0n) is 21.4. The quantitative estimate of drug-likeness (QED) is 0.547. The van der Waals surface area contributed by atoms with Gasteiger partial charge >= 0.3 is 0 Å². The first-order valence-electron chi connectivity index (χ1n) is 12.4. The van der Waals surface area contributed by atoms with Crippen molar-refractivity contribution in [2.45, 2.75) is 31.7 Å². The molecule has 0 atom stereocenters. The number of nitrogens with one attached hydrogen (secondary N) is 1. The van der Waals surface area contributed by atoms with Gasteiger partial charge in [-0.05, 0) is 57.2 Å². The van der Waals surface area contributed by atoms with Crippen molar-refractivity contribution in [1.82, 2.24) is 9.62 Å². The summed E-state index contributed by atoms with van der Waals surface area (Å²) in [5.41, 5.74) is 1.69. The Bertz CT molecular complexity index is 1270. The summed E-state index contributed by atoms with van der Waals surface area (Å²) in [5, 5.41) is 0. The third-order valence-electron chi connectivity index (χ3n) is 6.51. The van der Waals surface area contributed by atoms with E-state index in [1.807, 2.05) is 9.80 Å². The number of nitrogens with zero attached hydrogens (tertiary/aromatic N) is 3. The van der Waals surface area contributed by atoms with Crippen LogP contribution in [0.5, 0.6) is 0 Å². The van der Waals surface area contributed by atoms with Gasteiger partial charge in [0.1, 0.15) is 5.82 Å². The van der Waals surface area contributed by atoms with E-state index < -0.39 is 15.8 Å². The van der Waals surface area contributed by atoms with Crippen LogP contribution in [0.4, 0.5) is 15.8 Å². The third kappa shape index (κ3) is 6.11. The summed E-state index contributed by atoms with van der Waals surface area (Å²) in [6, 6.07) is 8.81. The molecule has 2 fully saturated rings. The molecule has 2 heterocycles. The van der Waals surface area contributed by atoms with Crippen molar-refractivity contribution in [3.8, 4) is 0 Å². The van der Waals surface area contributed by atoms with Gasteiger partial charge in [0.15, 0.2) is 5.78 Å². The zero-order valence-corrected chi connectivity index (χ0v) is 22.2. The molecule has 0 saturated carbocycles. The van der Waals surface area contributed by atoms with E-state index in [9.17, 15) is 22.4 Å². The van der Waals surface area contributed by atoms with E-state index in [4.69, 9.17) is 4.74 Å². The maximum atomic E-state index is 14.7. The maximum absolute atomic E-state index is 14.7. The average Bonchev–Trinajstić information content (AvgIpc) is 2.87. The highest BCUT2D eigenvalue weighted by Gasteiger charge is 2.29. The summed E-state index contributed by atoms with van der Waals surface area (Å²) in [6.45, 7) is 8.60. The molecule has 0 bridgehead atoms. The lowest BCUT2D eigenvalue weighted by Crippen LogP contribution is -2.49. The molecule has 9 nitrogen and oxygen atoms in total. The van der Waals surface area contributed by atoms with Gasteiger partial charge in [0.2, 0.25) is 10.0 Å². The Morgan fingerprint density at radius 3 is 2.14 bits per heavy atom. The van der Waals surface area contributed by atoms with E-state index in [0.717, 1.165) is 0 Å². The number of sulfonamides is 1. The number of rotatable bonds is 7. The standard InChI is InChI=1S/C26H33FN4O5S/c1-18(2)28-37(34,35)21-5-7-24(30-12-14-36-15-13-30)22(17-21)26(33)31-10-8-29(9-11-31)25-6-4-20(19(3)32)16-23(25)27/h4-7,16-18,28H,8-15H2,1-3H3. The topological polar surface area (TPSA) is 99.3 Å². The average molecular weight is 533 g/mol. The Balaban J connectivity index is 1.57. The van der Waals surface area contributed by atoms with Crippen molar-refractivity contribution in [3.05, 3.63) is 53.3 Å². The molecule has 2 aromatic carbocycles. The van der Waals surface area contributed by atoms with Gasteiger partial charge in [0, 0.05) is 56.6 Å². The van der Waals surface area contributed by atoms with E-state index in [2.05, 4.69) is 4.72 Å². The largest absolute Gasteiger partial charge is 0.378 e. The van der Waals surface area contributed by atoms with Crippen molar-refractivity contribution in [1.29, 1.82) is 0 Å². The molecular weight excluding hydrogens is 499 g/mol. The third-order valence-corrected chi connectivity index (χ3v) is 8.17. The normalized spacial score (nSPS) is 16.8. The first kappa shape index (κ1) is 27.0. The van der Waals surface area contributed by atoms with E-state index in [1.165, 1.54) is 25.1 Å². The molecule has 0 spiro atoms. The predicted molar refractivity (Wildman–Crippen MR) is 139 cm³/mol. The van der Waals surface area contributed by atoms with Gasteiger partial charge in [-0.1, -0.05) is 0 Å². The Hall–Kier alpha value is -3.02. The van der Waals surface area contributed by atoms with Crippen LogP contribution in [0, 0.1) is 5.82 Å². The number of carbonyl (C=O) groups is 2. The first-order valence-corrected chi connectivity index (χ1v) is 13.9. The van der Waals surface area contributed by atoms with Crippen molar-refractivity contribution < 1.29 is 27.1 Å². The molecule has 200 valence electrons. The van der Waals surface area contributed by atoms with Gasteiger partial charge < -0.3 is 19.4 Å². The summed E-state index contributed by atoms with van der Waals surface area (Å²) in [4.78, 5) is 30.8. The highest BCUT2D eigenvalue weighted by molar-refractivity contribution is 7.89. The first-order chi connectivity index (χ1) is 17.6. The number of ketones is 1. The van der Waals surface area contributed by atoms with E-state index in [0.29, 0.717) is 75.0 Å². The Labute approximate surface area is 217 Å². The van der Waals surface area contributed by atoms with Crippen molar-refractivity contribution in [3.63, 3.8) is 0 Å². The number of anilines is 2. The number of benzene rings is 2. The van der Waals surface area contributed by atoms with E-state index >= 15 is 0 Å². The van der Waals surface area contributed by atoms with Gasteiger partial charge in [0.05, 0.1) is 29.4 Å². The van der Waals surface area contributed by atoms with Gasteiger partial charge in [0.25, 0.3) is 5.91 Å². The summed E-state index contributed by atoms with van der Waals surface area (Å²) in [6.07, 6.45) is 0. The Kier molecular flexibility index (Phi) is 8.15. The molecule has 0 aliphatic carbocycles. The van der Waals surface area contributed by atoms with Gasteiger partial charge in [-0.25, -0.2) is 17.5 Å². The fourth-order valence-corrected chi connectivity index (χ4v) is 5.89. The number of morpholine rings is 1. The second kappa shape index (κ2) is 11.2. The van der Waals surface area contributed by atoms with Gasteiger partial charge in [-0.2, -0.15) is 0 Å². The number of amides is 1. The van der Waals surface area contributed by atoms with Crippen LogP contribution >= 0.6 is 0 Å². The molecule has 2 saturated heterocycles. The molecule has 0 aromatic heterocycles. The highest BCUT2D eigenvalue weighted by atomic mass is 32.2. The minimum Gasteiger partial charge on any atom is -0.378 e. The highest BCUT2D eigenvalue weighted by Crippen LogP contribution is 2.28. The van der Waals surface area contributed by atoms with Crippen LogP contribution in [0.3, 0.4) is 0 Å². The van der Waals surface area contributed by atoms with Crippen molar-refractivity contribution in [2.24, 2.45) is 0 Å². The van der Waals surface area contributed by atoms with Gasteiger partial charge in [-0.3, -0.25) is 9.59 Å². The molecule has 37 heavy (non-hydrogen) atoms. The minimum absolute atomic E-state index is 0.0350. The number of Topliss-reactive ketones (excluding diaryl/α,β-unsaturated/α-hetero) is 1. The summed E-state index contributed by atoms with van der Waals surface area (Å²) in [5.74, 6) is -0.947. The van der Waals surface area contributed by atoms with Crippen LogP contribution in [0.1, 0.15) is 41.5 Å². The fraction of sp³-hybridized carbons (Fsp3) is 0.462. The summed E-state index contributed by atoms with van der Waals surface area (Å²) in [7, 11) is -3.79. The lowest BCUT2D eigenvalue weighted by Gasteiger charge is -2.37. The molecule has 1 amide bonds. The van der Waals surface area contributed by atoms with Crippen molar-refractivity contribution in [2.75, 3.05) is 62.3 Å². The lowest BCUT2D eigenvalue weighted by molar-refractivity contribution is 0.0745. The number of hydrogen-bond donors (Lipinski definition) is 1. The monoisotopic (exact) mass is 532 g/mol. The molecule has 2 aliphatic rings. The van der Waals surface area contributed by atoms with Crippen molar-refractivity contribution >= 4 is 33.1 Å². The second-order valence-corrected chi connectivity index (χ2v) is 11.3. The van der Waals surface area contributed by atoms with Crippen LogP contribution in [0.15, 0.2) is 41.3 Å². The van der Waals surface area contributed by atoms with E-state index in [1.54, 1.807) is 36.9 Å². The van der Waals surface area contributed by atoms with Crippen LogP contribution in [-0.2, 0) is 14.8 Å². The second-order valence-electron chi connectivity index (χ2n) is 9.56. The van der Waals surface area contributed by atoms with Crippen LogP contribution in [0.25, 0.3) is 0 Å². The smallest absolute Gasteiger partial charge is 0.256 e. The minimum atomic E-state index is -3.79. The number of ether oxygens (including phenoxy) is 1. The SMILES string of the molecule is CC(=O)c1ccc(N2CCN(C(=O)c3cc(S(=O)(=O)NC(C)C)ccc3N3CCOCC3)CC2)c(F)c1. The van der Waals surface area contributed by atoms with Gasteiger partial charge in [-0.15, -0.1) is 0 Å². The number of carbonyl (C=O) groups excluding carboxylic acids is 2. The predicted octanol–water partition coefficient (Wildman–Crippen LogP) is 2.51. The fourth-order valence-electron chi connectivity index (χ4n) is 4.62. The molecule has 0 radical (unpaired) electrons. The molecule has 2 aliphatic heterocycles. The maximum Gasteiger partial charge on any atom is 0.256 e. The molecule has 4 rings (SSSR count). The Morgan fingerprint density at radius 2 is 1.54 bits per heavy atom. The number of hydrogen-bond acceptors (Lipinski definition) is 7. The molecule has 1 N–H and O–H groups in total. The number of piperazine rings is 1. The molecule has 2 aromatic rings. The molecular formula is C26H33FN4O5S. The van der Waals surface area contributed by atoms with E-state index in [-0.39, 0.29) is 22.6 Å². The Morgan fingerprint density at radius 1 is 0.919 bits per heavy atom. The molecule has 0 unspecified atom stereocenters. The summed E-state index contributed by atoms with van der Waals surface area (Å²) < 4.78 is 48.4. The van der Waals surface area contributed by atoms with Crippen LogP contribution in [0.2, 0.25) is 0 Å². The molecule has 11 heteroatoms.